The number of amides is 1. The summed E-state index contributed by atoms with van der Waals surface area (Å²) in [4.78, 5) is 11.9. The van der Waals surface area contributed by atoms with Crippen LogP contribution in [0.25, 0.3) is 0 Å². The van der Waals surface area contributed by atoms with Crippen LogP contribution in [0.1, 0.15) is 24.1 Å². The smallest absolute Gasteiger partial charge is 0.258 e. The Balaban J connectivity index is 1.81. The highest BCUT2D eigenvalue weighted by Crippen LogP contribution is 2.13. The number of nitrogens with one attached hydrogen (secondary N) is 1. The van der Waals surface area contributed by atoms with Gasteiger partial charge >= 0.3 is 0 Å². The van der Waals surface area contributed by atoms with Gasteiger partial charge in [0.1, 0.15) is 5.75 Å². The molecule has 21 heavy (non-hydrogen) atoms. The van der Waals surface area contributed by atoms with Gasteiger partial charge in [-0.05, 0) is 30.2 Å². The molecule has 2 aromatic rings. The topological polar surface area (TPSA) is 64.3 Å². The average molecular weight is 284 g/mol. The Kier molecular flexibility index (Phi) is 5.35. The fourth-order valence-electron chi connectivity index (χ4n) is 1.98. The molecule has 2 aromatic carbocycles. The number of benzene rings is 2. The van der Waals surface area contributed by atoms with E-state index in [2.05, 4.69) is 5.32 Å². The van der Waals surface area contributed by atoms with Crippen LogP contribution in [-0.2, 0) is 11.3 Å². The van der Waals surface area contributed by atoms with Gasteiger partial charge in [0.05, 0.1) is 6.04 Å². The number of hydrogen-bond acceptors (Lipinski definition) is 3. The zero-order chi connectivity index (χ0) is 15.1. The lowest BCUT2D eigenvalue weighted by Gasteiger charge is -2.14. The molecule has 3 N–H and O–H groups in total. The van der Waals surface area contributed by atoms with Gasteiger partial charge in [0.15, 0.2) is 6.61 Å². The molecule has 0 saturated heterocycles. The van der Waals surface area contributed by atoms with Crippen LogP contribution in [0.2, 0.25) is 0 Å². The summed E-state index contributed by atoms with van der Waals surface area (Å²) in [5.41, 5.74) is 7.63. The SMILES string of the molecule is CC(NC(=O)COc1ccc(CN)cc1)c1ccccc1. The third kappa shape index (κ3) is 4.61. The lowest BCUT2D eigenvalue weighted by atomic mass is 10.1. The largest absolute Gasteiger partial charge is 0.484 e. The molecule has 4 heteroatoms. The van der Waals surface area contributed by atoms with E-state index in [1.807, 2.05) is 61.5 Å². The summed E-state index contributed by atoms with van der Waals surface area (Å²) in [6.45, 7) is 2.44. The minimum Gasteiger partial charge on any atom is -0.484 e. The molecule has 1 atom stereocenters. The van der Waals surface area contributed by atoms with Crippen LogP contribution in [0, 0.1) is 0 Å². The second-order valence-electron chi connectivity index (χ2n) is 4.84. The predicted molar refractivity (Wildman–Crippen MR) is 82.8 cm³/mol. The highest BCUT2D eigenvalue weighted by molar-refractivity contribution is 5.78. The number of hydrogen-bond donors (Lipinski definition) is 2. The van der Waals surface area contributed by atoms with E-state index in [4.69, 9.17) is 10.5 Å². The van der Waals surface area contributed by atoms with Gasteiger partial charge in [-0.3, -0.25) is 4.79 Å². The van der Waals surface area contributed by atoms with E-state index in [0.717, 1.165) is 11.1 Å². The second-order valence-corrected chi connectivity index (χ2v) is 4.84. The van der Waals surface area contributed by atoms with E-state index in [1.165, 1.54) is 0 Å². The maximum absolute atomic E-state index is 11.9. The van der Waals surface area contributed by atoms with Gasteiger partial charge in [0.2, 0.25) is 0 Å². The molecule has 110 valence electrons. The molecule has 0 fully saturated rings. The average Bonchev–Trinajstić information content (AvgIpc) is 2.54. The molecule has 0 aliphatic rings. The van der Waals surface area contributed by atoms with Crippen LogP contribution in [0.15, 0.2) is 54.6 Å². The first kappa shape index (κ1) is 15.1. The lowest BCUT2D eigenvalue weighted by molar-refractivity contribution is -0.123. The van der Waals surface area contributed by atoms with Crippen molar-refractivity contribution in [3.63, 3.8) is 0 Å². The van der Waals surface area contributed by atoms with Crippen molar-refractivity contribution in [2.24, 2.45) is 5.73 Å². The summed E-state index contributed by atoms with van der Waals surface area (Å²) in [6.07, 6.45) is 0. The van der Waals surface area contributed by atoms with Crippen molar-refractivity contribution >= 4 is 5.91 Å². The molecule has 2 rings (SSSR count). The first-order valence-corrected chi connectivity index (χ1v) is 6.95. The van der Waals surface area contributed by atoms with Crippen molar-refractivity contribution in [3.05, 3.63) is 65.7 Å². The summed E-state index contributed by atoms with van der Waals surface area (Å²) in [6, 6.07) is 17.2. The Bertz CT molecular complexity index is 567. The van der Waals surface area contributed by atoms with Crippen LogP contribution in [0.4, 0.5) is 0 Å². The Morgan fingerprint density at radius 3 is 2.43 bits per heavy atom. The quantitative estimate of drug-likeness (QED) is 0.856. The fraction of sp³-hybridized carbons (Fsp3) is 0.235. The van der Waals surface area contributed by atoms with E-state index in [1.54, 1.807) is 0 Å². The fourth-order valence-corrected chi connectivity index (χ4v) is 1.98. The molecule has 0 aliphatic heterocycles. The van der Waals surface area contributed by atoms with Crippen LogP contribution >= 0.6 is 0 Å². The van der Waals surface area contributed by atoms with Crippen molar-refractivity contribution in [2.45, 2.75) is 19.5 Å². The third-order valence-corrected chi connectivity index (χ3v) is 3.21. The Labute approximate surface area is 124 Å². The van der Waals surface area contributed by atoms with Crippen molar-refractivity contribution in [1.82, 2.24) is 5.32 Å². The van der Waals surface area contributed by atoms with Crippen LogP contribution < -0.4 is 15.8 Å². The lowest BCUT2D eigenvalue weighted by Crippen LogP contribution is -2.31. The maximum atomic E-state index is 11.9. The molecule has 0 saturated carbocycles. The van der Waals surface area contributed by atoms with E-state index in [-0.39, 0.29) is 18.6 Å². The Morgan fingerprint density at radius 2 is 1.81 bits per heavy atom. The van der Waals surface area contributed by atoms with Gasteiger partial charge in [-0.25, -0.2) is 0 Å². The summed E-state index contributed by atoms with van der Waals surface area (Å²) in [5, 5.41) is 2.91. The number of nitrogens with two attached hydrogens (primary N) is 1. The predicted octanol–water partition coefficient (Wildman–Crippen LogP) is 2.40. The first-order valence-electron chi connectivity index (χ1n) is 6.95. The van der Waals surface area contributed by atoms with Crippen LogP contribution in [0.5, 0.6) is 5.75 Å². The van der Waals surface area contributed by atoms with E-state index in [9.17, 15) is 4.79 Å². The molecule has 0 radical (unpaired) electrons. The maximum Gasteiger partial charge on any atom is 0.258 e. The highest BCUT2D eigenvalue weighted by atomic mass is 16.5. The van der Waals surface area contributed by atoms with Gasteiger partial charge in [0, 0.05) is 6.54 Å². The van der Waals surface area contributed by atoms with Crippen molar-refractivity contribution in [1.29, 1.82) is 0 Å². The van der Waals surface area contributed by atoms with Crippen LogP contribution in [-0.4, -0.2) is 12.5 Å². The Morgan fingerprint density at radius 1 is 1.14 bits per heavy atom. The molecule has 0 aromatic heterocycles. The van der Waals surface area contributed by atoms with Crippen molar-refractivity contribution < 1.29 is 9.53 Å². The van der Waals surface area contributed by atoms with Crippen molar-refractivity contribution in [3.8, 4) is 5.75 Å². The number of carbonyl (C=O) groups is 1. The first-order chi connectivity index (χ1) is 10.2. The third-order valence-electron chi connectivity index (χ3n) is 3.21. The monoisotopic (exact) mass is 284 g/mol. The van der Waals surface area contributed by atoms with Gasteiger partial charge in [-0.1, -0.05) is 42.5 Å². The summed E-state index contributed by atoms with van der Waals surface area (Å²) < 4.78 is 5.45. The molecule has 0 spiro atoms. The van der Waals surface area contributed by atoms with Gasteiger partial charge in [-0.15, -0.1) is 0 Å². The van der Waals surface area contributed by atoms with E-state index < -0.39 is 0 Å². The van der Waals surface area contributed by atoms with Gasteiger partial charge < -0.3 is 15.8 Å². The van der Waals surface area contributed by atoms with E-state index >= 15 is 0 Å². The second kappa shape index (κ2) is 7.45. The van der Waals surface area contributed by atoms with Gasteiger partial charge in [0.25, 0.3) is 5.91 Å². The van der Waals surface area contributed by atoms with Gasteiger partial charge in [-0.2, -0.15) is 0 Å². The Hall–Kier alpha value is -2.33. The molecule has 0 aliphatic carbocycles. The van der Waals surface area contributed by atoms with Crippen molar-refractivity contribution in [2.75, 3.05) is 6.61 Å². The minimum absolute atomic E-state index is 0.000848. The molecular formula is C17H20N2O2. The zero-order valence-corrected chi connectivity index (χ0v) is 12.1. The molecule has 0 heterocycles. The molecular weight excluding hydrogens is 264 g/mol. The minimum atomic E-state index is -0.144. The summed E-state index contributed by atoms with van der Waals surface area (Å²) in [7, 11) is 0. The van der Waals surface area contributed by atoms with Crippen LogP contribution in [0.3, 0.4) is 0 Å². The number of rotatable bonds is 6. The molecule has 1 amide bonds. The summed E-state index contributed by atoms with van der Waals surface area (Å²) in [5.74, 6) is 0.518. The van der Waals surface area contributed by atoms with E-state index in [0.29, 0.717) is 12.3 Å². The molecule has 4 nitrogen and oxygen atoms in total. The molecule has 0 bridgehead atoms. The number of carbonyl (C=O) groups excluding carboxylic acids is 1. The standard InChI is InChI=1S/C17H20N2O2/c1-13(15-5-3-2-4-6-15)19-17(20)12-21-16-9-7-14(11-18)8-10-16/h2-10,13H,11-12,18H2,1H3,(H,19,20). The highest BCUT2D eigenvalue weighted by Gasteiger charge is 2.09. The molecule has 1 unspecified atom stereocenters. The summed E-state index contributed by atoms with van der Waals surface area (Å²) >= 11 is 0. The normalized spacial score (nSPS) is 11.7. The zero-order valence-electron chi connectivity index (χ0n) is 12.1. The number of ether oxygens (including phenoxy) is 1.